The minimum absolute atomic E-state index is 0.0382. The van der Waals surface area contributed by atoms with Gasteiger partial charge in [0.1, 0.15) is 6.73 Å². The van der Waals surface area contributed by atoms with Gasteiger partial charge in [-0.3, -0.25) is 4.79 Å². The van der Waals surface area contributed by atoms with E-state index in [-0.39, 0.29) is 5.24 Å². The van der Waals surface area contributed by atoms with E-state index in [1.165, 1.54) is 23.5 Å². The predicted molar refractivity (Wildman–Crippen MR) is 91.9 cm³/mol. The molecule has 1 heterocycles. The molecular formula is C12H22N6O2S2. The number of hydrogen-bond acceptors (Lipinski definition) is 9. The van der Waals surface area contributed by atoms with E-state index in [4.69, 9.17) is 4.74 Å². The second-order valence-electron chi connectivity index (χ2n) is 4.49. The number of hydrogen-bond donors (Lipinski definition) is 1. The number of nitrogens with zero attached hydrogens (tertiary/aromatic N) is 5. The van der Waals surface area contributed by atoms with Crippen molar-refractivity contribution >= 4 is 40.7 Å². The minimum atomic E-state index is 0.0382. The van der Waals surface area contributed by atoms with Crippen molar-refractivity contribution in [1.82, 2.24) is 19.9 Å². The number of nitrogens with one attached hydrogen (secondary N) is 1. The van der Waals surface area contributed by atoms with Crippen LogP contribution in [-0.4, -0.2) is 78.6 Å². The van der Waals surface area contributed by atoms with Crippen LogP contribution in [0.25, 0.3) is 0 Å². The van der Waals surface area contributed by atoms with Gasteiger partial charge >= 0.3 is 0 Å². The van der Waals surface area contributed by atoms with Crippen LogP contribution in [0.1, 0.15) is 0 Å². The van der Waals surface area contributed by atoms with Crippen LogP contribution in [0.4, 0.5) is 16.7 Å². The van der Waals surface area contributed by atoms with Gasteiger partial charge in [0.2, 0.25) is 11.9 Å². The standard InChI is InChI=1S/C12H22N6O2S2/c1-17(2)12(19)22-7-6-18(3)10-14-9(13-8-20-4)15-11(16-10)21-5/h6-8H2,1-5H3,(H,13,14,15,16). The number of thioether (sulfide) groups is 2. The summed E-state index contributed by atoms with van der Waals surface area (Å²) in [5, 5.41) is 3.63. The molecule has 0 unspecified atom stereocenters. The maximum Gasteiger partial charge on any atom is 0.281 e. The summed E-state index contributed by atoms with van der Waals surface area (Å²) in [6.45, 7) is 0.986. The Morgan fingerprint density at radius 2 is 2.00 bits per heavy atom. The first-order chi connectivity index (χ1) is 10.5. The number of carbonyl (C=O) groups excluding carboxylic acids is 1. The van der Waals surface area contributed by atoms with Gasteiger partial charge in [0, 0.05) is 40.6 Å². The third-order valence-corrected chi connectivity index (χ3v) is 4.07. The van der Waals surface area contributed by atoms with E-state index in [0.29, 0.717) is 36.1 Å². The highest BCUT2D eigenvalue weighted by atomic mass is 32.2. The fourth-order valence-corrected chi connectivity index (χ4v) is 2.47. The zero-order valence-electron chi connectivity index (χ0n) is 13.5. The zero-order valence-corrected chi connectivity index (χ0v) is 15.1. The molecular weight excluding hydrogens is 324 g/mol. The topological polar surface area (TPSA) is 83.5 Å². The van der Waals surface area contributed by atoms with Crippen molar-refractivity contribution < 1.29 is 9.53 Å². The first kappa shape index (κ1) is 18.8. The van der Waals surface area contributed by atoms with Crippen molar-refractivity contribution in [1.29, 1.82) is 0 Å². The Bertz CT molecular complexity index is 489. The average molecular weight is 346 g/mol. The second kappa shape index (κ2) is 9.70. The van der Waals surface area contributed by atoms with Gasteiger partial charge in [0.15, 0.2) is 5.16 Å². The molecule has 0 saturated carbocycles. The quantitative estimate of drug-likeness (QED) is 0.555. The van der Waals surface area contributed by atoms with Crippen molar-refractivity contribution in [3.05, 3.63) is 0 Å². The zero-order chi connectivity index (χ0) is 16.5. The molecule has 1 amide bonds. The molecule has 8 nitrogen and oxygen atoms in total. The predicted octanol–water partition coefficient (Wildman–Crippen LogP) is 1.46. The Balaban J connectivity index is 2.66. The van der Waals surface area contributed by atoms with E-state index < -0.39 is 0 Å². The van der Waals surface area contributed by atoms with Gasteiger partial charge in [0.05, 0.1) is 0 Å². The summed E-state index contributed by atoms with van der Waals surface area (Å²) < 4.78 is 4.96. The number of amides is 1. The van der Waals surface area contributed by atoms with Crippen molar-refractivity contribution in [3.8, 4) is 0 Å². The highest BCUT2D eigenvalue weighted by Crippen LogP contribution is 2.16. The van der Waals surface area contributed by atoms with Gasteiger partial charge in [0.25, 0.3) is 5.24 Å². The molecule has 0 saturated heterocycles. The monoisotopic (exact) mass is 346 g/mol. The molecule has 0 fully saturated rings. The smallest absolute Gasteiger partial charge is 0.281 e. The van der Waals surface area contributed by atoms with Crippen LogP contribution >= 0.6 is 23.5 Å². The molecule has 0 spiro atoms. The van der Waals surface area contributed by atoms with Crippen LogP contribution in [0.3, 0.4) is 0 Å². The van der Waals surface area contributed by atoms with E-state index in [0.717, 1.165) is 0 Å². The van der Waals surface area contributed by atoms with E-state index in [9.17, 15) is 4.79 Å². The number of ether oxygens (including phenoxy) is 1. The summed E-state index contributed by atoms with van der Waals surface area (Å²) >= 11 is 2.71. The van der Waals surface area contributed by atoms with E-state index in [1.54, 1.807) is 26.1 Å². The van der Waals surface area contributed by atoms with Gasteiger partial charge in [-0.25, -0.2) is 0 Å². The average Bonchev–Trinajstić information content (AvgIpc) is 2.52. The van der Waals surface area contributed by atoms with Crippen LogP contribution < -0.4 is 10.2 Å². The van der Waals surface area contributed by atoms with Crippen LogP contribution in [-0.2, 0) is 4.74 Å². The normalized spacial score (nSPS) is 10.4. The molecule has 0 aliphatic rings. The summed E-state index contributed by atoms with van der Waals surface area (Å²) in [7, 11) is 6.96. The SMILES string of the molecule is COCNc1nc(SC)nc(N(C)CCSC(=O)N(C)C)n1. The summed E-state index contributed by atoms with van der Waals surface area (Å²) in [5.41, 5.74) is 0. The van der Waals surface area contributed by atoms with Crippen LogP contribution in [0.15, 0.2) is 5.16 Å². The maximum atomic E-state index is 11.5. The van der Waals surface area contributed by atoms with Gasteiger partial charge < -0.3 is 19.9 Å². The van der Waals surface area contributed by atoms with Crippen molar-refractivity contribution in [2.45, 2.75) is 5.16 Å². The lowest BCUT2D eigenvalue weighted by molar-refractivity contribution is 0.220. The number of anilines is 2. The Labute approximate surface area is 139 Å². The van der Waals surface area contributed by atoms with E-state index in [1.807, 2.05) is 18.2 Å². The van der Waals surface area contributed by atoms with Gasteiger partial charge in [-0.05, 0) is 6.26 Å². The third kappa shape index (κ3) is 6.24. The molecule has 1 aromatic heterocycles. The van der Waals surface area contributed by atoms with Crippen LogP contribution in [0.2, 0.25) is 0 Å². The largest absolute Gasteiger partial charge is 0.364 e. The van der Waals surface area contributed by atoms with Gasteiger partial charge in [-0.15, -0.1) is 0 Å². The molecule has 1 N–H and O–H groups in total. The maximum absolute atomic E-state index is 11.5. The number of rotatable bonds is 8. The molecule has 0 atom stereocenters. The molecule has 0 aromatic carbocycles. The fourth-order valence-electron chi connectivity index (χ4n) is 1.32. The lowest BCUT2D eigenvalue weighted by atomic mass is 10.6. The van der Waals surface area contributed by atoms with E-state index >= 15 is 0 Å². The molecule has 0 aliphatic heterocycles. The van der Waals surface area contributed by atoms with Crippen LogP contribution in [0.5, 0.6) is 0 Å². The Morgan fingerprint density at radius 3 is 2.59 bits per heavy atom. The molecule has 22 heavy (non-hydrogen) atoms. The molecule has 1 rings (SSSR count). The van der Waals surface area contributed by atoms with Gasteiger partial charge in [-0.2, -0.15) is 15.0 Å². The number of methoxy groups -OCH3 is 1. The molecule has 1 aromatic rings. The Hall–Kier alpha value is -1.26. The summed E-state index contributed by atoms with van der Waals surface area (Å²) in [6.07, 6.45) is 1.91. The van der Waals surface area contributed by atoms with Crippen molar-refractivity contribution in [2.75, 3.05) is 63.8 Å². The fraction of sp³-hybridized carbons (Fsp3) is 0.667. The summed E-state index contributed by atoms with van der Waals surface area (Å²) in [5.74, 6) is 1.70. The van der Waals surface area contributed by atoms with Gasteiger partial charge in [-0.1, -0.05) is 23.5 Å². The molecule has 10 heteroatoms. The number of aromatic nitrogens is 3. The molecule has 124 valence electrons. The summed E-state index contributed by atoms with van der Waals surface area (Å²) in [6, 6.07) is 0. The van der Waals surface area contributed by atoms with E-state index in [2.05, 4.69) is 20.3 Å². The highest BCUT2D eigenvalue weighted by molar-refractivity contribution is 8.13. The second-order valence-corrected chi connectivity index (χ2v) is 6.31. The first-order valence-electron chi connectivity index (χ1n) is 6.56. The Morgan fingerprint density at radius 1 is 1.27 bits per heavy atom. The lowest BCUT2D eigenvalue weighted by Gasteiger charge is -2.18. The lowest BCUT2D eigenvalue weighted by Crippen LogP contribution is -2.25. The third-order valence-electron chi connectivity index (χ3n) is 2.52. The Kier molecular flexibility index (Phi) is 8.28. The molecule has 0 aliphatic carbocycles. The highest BCUT2D eigenvalue weighted by Gasteiger charge is 2.11. The number of carbonyl (C=O) groups is 1. The minimum Gasteiger partial charge on any atom is -0.364 e. The summed E-state index contributed by atoms with van der Waals surface area (Å²) in [4.78, 5) is 28.0. The molecule has 0 radical (unpaired) electrons. The van der Waals surface area contributed by atoms with Crippen LogP contribution in [0, 0.1) is 0 Å². The van der Waals surface area contributed by atoms with Crippen molar-refractivity contribution in [2.24, 2.45) is 0 Å². The first-order valence-corrected chi connectivity index (χ1v) is 8.77. The van der Waals surface area contributed by atoms with Crippen molar-refractivity contribution in [3.63, 3.8) is 0 Å². The molecule has 0 bridgehead atoms.